The predicted octanol–water partition coefficient (Wildman–Crippen LogP) is -0.471. The Morgan fingerprint density at radius 2 is 2.27 bits per heavy atom. The molecule has 0 unspecified atom stereocenters. The summed E-state index contributed by atoms with van der Waals surface area (Å²) < 4.78 is 15.5. The van der Waals surface area contributed by atoms with E-state index in [-0.39, 0.29) is 18.1 Å². The molecule has 0 amide bonds. The van der Waals surface area contributed by atoms with Crippen molar-refractivity contribution >= 4 is 11.9 Å². The standard InChI is InChI=1S/C15H18O7/c1-7(16)9-5-15(22-13(9)18)4-3-8-10(12(17)20-2)6-21-14(19)11(8)15/h3-5,7-8,10-11,14,16,19H,6H2,1-2H3/t7-,8-,10+,11+,14-,15-/m1/s1. The third kappa shape index (κ3) is 2.08. The lowest BCUT2D eigenvalue weighted by molar-refractivity contribution is -0.221. The van der Waals surface area contributed by atoms with E-state index in [4.69, 9.17) is 14.2 Å². The Kier molecular flexibility index (Phi) is 3.58. The first-order valence-electron chi connectivity index (χ1n) is 7.10. The van der Waals surface area contributed by atoms with Gasteiger partial charge in [0.05, 0.1) is 37.2 Å². The molecule has 0 aromatic rings. The van der Waals surface area contributed by atoms with Crippen LogP contribution >= 0.6 is 0 Å². The van der Waals surface area contributed by atoms with Gasteiger partial charge in [-0.05, 0) is 19.1 Å². The first-order valence-corrected chi connectivity index (χ1v) is 7.10. The number of carbonyl (C=O) groups is 2. The molecule has 120 valence electrons. The molecule has 1 saturated heterocycles. The van der Waals surface area contributed by atoms with Crippen LogP contribution in [-0.2, 0) is 23.8 Å². The van der Waals surface area contributed by atoms with Crippen LogP contribution in [0.5, 0.6) is 0 Å². The average Bonchev–Trinajstić information content (AvgIpc) is 3.01. The molecule has 3 rings (SSSR count). The smallest absolute Gasteiger partial charge is 0.337 e. The van der Waals surface area contributed by atoms with Gasteiger partial charge in [0.15, 0.2) is 11.9 Å². The van der Waals surface area contributed by atoms with Gasteiger partial charge in [-0.15, -0.1) is 0 Å². The summed E-state index contributed by atoms with van der Waals surface area (Å²) in [4.78, 5) is 23.8. The number of methoxy groups -OCH3 is 1. The summed E-state index contributed by atoms with van der Waals surface area (Å²) in [5.41, 5.74) is -1.06. The second kappa shape index (κ2) is 5.19. The Hall–Kier alpha value is -1.70. The molecule has 1 aliphatic carbocycles. The summed E-state index contributed by atoms with van der Waals surface area (Å²) in [6, 6.07) is 0. The minimum Gasteiger partial charge on any atom is -0.469 e. The monoisotopic (exact) mass is 310 g/mol. The third-order valence-corrected chi connectivity index (χ3v) is 4.57. The lowest BCUT2D eigenvalue weighted by Gasteiger charge is -2.40. The van der Waals surface area contributed by atoms with Gasteiger partial charge in [0.2, 0.25) is 0 Å². The number of fused-ring (bicyclic) bond motifs is 2. The van der Waals surface area contributed by atoms with Gasteiger partial charge in [-0.25, -0.2) is 4.79 Å². The highest BCUT2D eigenvalue weighted by Crippen LogP contribution is 2.49. The molecule has 1 fully saturated rings. The lowest BCUT2D eigenvalue weighted by atomic mass is 9.75. The van der Waals surface area contributed by atoms with Crippen LogP contribution < -0.4 is 0 Å². The van der Waals surface area contributed by atoms with E-state index in [0.29, 0.717) is 0 Å². The highest BCUT2D eigenvalue weighted by molar-refractivity contribution is 5.93. The summed E-state index contributed by atoms with van der Waals surface area (Å²) in [6.07, 6.45) is 2.74. The number of allylic oxidation sites excluding steroid dienone is 1. The van der Waals surface area contributed by atoms with Crippen molar-refractivity contribution in [2.75, 3.05) is 13.7 Å². The van der Waals surface area contributed by atoms with Gasteiger partial charge in [-0.3, -0.25) is 4.79 Å². The molecule has 1 spiro atoms. The van der Waals surface area contributed by atoms with Crippen LogP contribution in [0.2, 0.25) is 0 Å². The fourth-order valence-electron chi connectivity index (χ4n) is 3.47. The fourth-order valence-corrected chi connectivity index (χ4v) is 3.47. The number of ether oxygens (including phenoxy) is 3. The minimum atomic E-state index is -1.19. The molecular formula is C15H18O7. The van der Waals surface area contributed by atoms with Crippen molar-refractivity contribution in [2.45, 2.75) is 24.9 Å². The van der Waals surface area contributed by atoms with E-state index in [2.05, 4.69) is 0 Å². The maximum atomic E-state index is 11.9. The van der Waals surface area contributed by atoms with E-state index < -0.39 is 41.8 Å². The highest BCUT2D eigenvalue weighted by Gasteiger charge is 2.59. The van der Waals surface area contributed by atoms with Crippen LogP contribution in [0, 0.1) is 17.8 Å². The zero-order chi connectivity index (χ0) is 16.1. The number of hydrogen-bond acceptors (Lipinski definition) is 7. The average molecular weight is 310 g/mol. The molecule has 22 heavy (non-hydrogen) atoms. The second-order valence-electron chi connectivity index (χ2n) is 5.83. The molecule has 0 aromatic heterocycles. The summed E-state index contributed by atoms with van der Waals surface area (Å²) in [5.74, 6) is -2.66. The van der Waals surface area contributed by atoms with E-state index in [1.807, 2.05) is 0 Å². The summed E-state index contributed by atoms with van der Waals surface area (Å²) in [6.45, 7) is 1.50. The number of carbonyl (C=O) groups excluding carboxylic acids is 2. The SMILES string of the molecule is COC(=O)[C@H]1CO[C@@H](O)[C@@H]2[C@@H]1C=C[C@@]21C=C([C@@H](C)O)C(=O)O1. The predicted molar refractivity (Wildman–Crippen MR) is 72.2 cm³/mol. The Morgan fingerprint density at radius 3 is 2.86 bits per heavy atom. The zero-order valence-electron chi connectivity index (χ0n) is 12.3. The molecule has 7 nitrogen and oxygen atoms in total. The van der Waals surface area contributed by atoms with Crippen molar-refractivity contribution < 1.29 is 34.0 Å². The van der Waals surface area contributed by atoms with Gasteiger partial charge in [-0.2, -0.15) is 0 Å². The largest absolute Gasteiger partial charge is 0.469 e. The summed E-state index contributed by atoms with van der Waals surface area (Å²) >= 11 is 0. The normalized spacial score (nSPS) is 41.1. The number of rotatable bonds is 2. The Bertz CT molecular complexity index is 564. The molecule has 0 radical (unpaired) electrons. The van der Waals surface area contributed by atoms with E-state index in [1.54, 1.807) is 12.2 Å². The van der Waals surface area contributed by atoms with Crippen LogP contribution in [0.25, 0.3) is 0 Å². The second-order valence-corrected chi connectivity index (χ2v) is 5.83. The maximum Gasteiger partial charge on any atom is 0.337 e. The van der Waals surface area contributed by atoms with Crippen molar-refractivity contribution in [1.82, 2.24) is 0 Å². The van der Waals surface area contributed by atoms with E-state index in [9.17, 15) is 19.8 Å². The van der Waals surface area contributed by atoms with E-state index in [1.165, 1.54) is 20.1 Å². The summed E-state index contributed by atoms with van der Waals surface area (Å²) in [5, 5.41) is 19.8. The number of hydrogen-bond donors (Lipinski definition) is 2. The van der Waals surface area contributed by atoms with Crippen LogP contribution in [-0.4, -0.2) is 53.9 Å². The van der Waals surface area contributed by atoms with Crippen molar-refractivity contribution in [3.63, 3.8) is 0 Å². The zero-order valence-corrected chi connectivity index (χ0v) is 12.3. The van der Waals surface area contributed by atoms with Gasteiger partial charge in [0.1, 0.15) is 0 Å². The van der Waals surface area contributed by atoms with Gasteiger partial charge < -0.3 is 24.4 Å². The third-order valence-electron chi connectivity index (χ3n) is 4.57. The van der Waals surface area contributed by atoms with Crippen LogP contribution in [0.4, 0.5) is 0 Å². The van der Waals surface area contributed by atoms with Crippen molar-refractivity contribution in [3.8, 4) is 0 Å². The van der Waals surface area contributed by atoms with Crippen molar-refractivity contribution in [3.05, 3.63) is 23.8 Å². The molecule has 2 heterocycles. The van der Waals surface area contributed by atoms with E-state index in [0.717, 1.165) is 0 Å². The fraction of sp³-hybridized carbons (Fsp3) is 0.600. The van der Waals surface area contributed by atoms with Crippen LogP contribution in [0.3, 0.4) is 0 Å². The van der Waals surface area contributed by atoms with Gasteiger partial charge in [0, 0.05) is 5.92 Å². The maximum absolute atomic E-state index is 11.9. The number of aliphatic hydroxyl groups is 2. The molecule has 0 bridgehead atoms. The Labute approximate surface area is 127 Å². The van der Waals surface area contributed by atoms with Crippen LogP contribution in [0.1, 0.15) is 6.92 Å². The van der Waals surface area contributed by atoms with Gasteiger partial charge in [0.25, 0.3) is 0 Å². The van der Waals surface area contributed by atoms with Gasteiger partial charge >= 0.3 is 11.9 Å². The first-order chi connectivity index (χ1) is 10.4. The summed E-state index contributed by atoms with van der Waals surface area (Å²) in [7, 11) is 1.29. The molecule has 7 heteroatoms. The molecule has 6 atom stereocenters. The van der Waals surface area contributed by atoms with Crippen molar-refractivity contribution in [2.24, 2.45) is 17.8 Å². The Morgan fingerprint density at radius 1 is 1.55 bits per heavy atom. The number of aliphatic hydroxyl groups excluding tert-OH is 2. The van der Waals surface area contributed by atoms with Gasteiger partial charge in [-0.1, -0.05) is 6.08 Å². The minimum absolute atomic E-state index is 0.0380. The lowest BCUT2D eigenvalue weighted by Crippen LogP contribution is -2.51. The Balaban J connectivity index is 1.96. The van der Waals surface area contributed by atoms with E-state index >= 15 is 0 Å². The molecule has 2 aliphatic heterocycles. The molecule has 3 aliphatic rings. The molecule has 0 aromatic carbocycles. The van der Waals surface area contributed by atoms with Crippen LogP contribution in [0.15, 0.2) is 23.8 Å². The molecule has 2 N–H and O–H groups in total. The van der Waals surface area contributed by atoms with Crippen molar-refractivity contribution in [1.29, 1.82) is 0 Å². The molecular weight excluding hydrogens is 292 g/mol. The quantitative estimate of drug-likeness (QED) is 0.525. The first kappa shape index (κ1) is 15.2. The highest BCUT2D eigenvalue weighted by atomic mass is 16.6. The topological polar surface area (TPSA) is 102 Å². The number of esters is 2. The molecule has 0 saturated carbocycles.